The summed E-state index contributed by atoms with van der Waals surface area (Å²) in [6.07, 6.45) is 0.714. The minimum absolute atomic E-state index is 0.188. The van der Waals surface area contributed by atoms with Gasteiger partial charge in [0.05, 0.1) is 5.92 Å². The van der Waals surface area contributed by atoms with Crippen LogP contribution in [0.2, 0.25) is 0 Å². The van der Waals surface area contributed by atoms with Gasteiger partial charge in [0.1, 0.15) is 6.29 Å². The Morgan fingerprint density at radius 3 is 2.31 bits per heavy atom. The van der Waals surface area contributed by atoms with Gasteiger partial charge in [-0.3, -0.25) is 0 Å². The number of phenolic OH excluding ortho intramolecular Hbond substituents is 2. The maximum absolute atomic E-state index is 10.5. The molecule has 0 heterocycles. The van der Waals surface area contributed by atoms with E-state index < -0.39 is 21.1 Å². The van der Waals surface area contributed by atoms with E-state index in [4.69, 9.17) is 35.3 Å². The van der Waals surface area contributed by atoms with E-state index >= 15 is 0 Å². The number of hydrogen-bond donors (Lipinski definition) is 3. The van der Waals surface area contributed by atoms with Gasteiger partial charge in [-0.1, -0.05) is 6.07 Å². The van der Waals surface area contributed by atoms with E-state index in [0.717, 1.165) is 0 Å². The Morgan fingerprint density at radius 1 is 1.38 bits per heavy atom. The summed E-state index contributed by atoms with van der Waals surface area (Å²) in [6.45, 7) is 0.188. The topological polar surface area (TPSA) is 83.6 Å². The van der Waals surface area contributed by atoms with Crippen molar-refractivity contribution in [2.24, 2.45) is 5.73 Å². The molecule has 4 nitrogen and oxygen atoms in total. The van der Waals surface area contributed by atoms with Crippen LogP contribution in [0.25, 0.3) is 0 Å². The predicted molar refractivity (Wildman–Crippen MR) is 59.3 cm³/mol. The molecule has 0 fully saturated rings. The maximum atomic E-state index is 10.5. The molecule has 0 aliphatic rings. The van der Waals surface area contributed by atoms with Crippen LogP contribution in [0.4, 0.5) is 0 Å². The molecule has 1 unspecified atom stereocenters. The zero-order chi connectivity index (χ0) is 12.6. The van der Waals surface area contributed by atoms with Gasteiger partial charge in [0.25, 0.3) is 0 Å². The van der Waals surface area contributed by atoms with Crippen LogP contribution in [-0.4, -0.2) is 23.0 Å². The van der Waals surface area contributed by atoms with Gasteiger partial charge in [-0.25, -0.2) is 0 Å². The third-order valence-corrected chi connectivity index (χ3v) is 1.85. The van der Waals surface area contributed by atoms with Gasteiger partial charge in [-0.2, -0.15) is 0 Å². The summed E-state index contributed by atoms with van der Waals surface area (Å²) in [5, 5.41) is 18.1. The number of hydrogen-bond acceptors (Lipinski definition) is 4. The zero-order valence-electron chi connectivity index (χ0n) is 8.44. The average Bonchev–Trinajstić information content (AvgIpc) is 2.26. The number of rotatable bonds is 3. The predicted octanol–water partition coefficient (Wildman–Crippen LogP) is 1.72. The molecule has 0 bridgehead atoms. The van der Waals surface area contributed by atoms with Crippen LogP contribution in [0.1, 0.15) is 11.5 Å². The number of nitrogens with two attached hydrogens (primary N) is 1. The Kier molecular flexibility index (Phi) is 8.58. The molecule has 1 aromatic carbocycles. The Labute approximate surface area is 109 Å². The van der Waals surface area contributed by atoms with Crippen molar-refractivity contribution in [2.75, 3.05) is 6.54 Å². The summed E-state index contributed by atoms with van der Waals surface area (Å²) in [7, 11) is 9.90. The van der Waals surface area contributed by atoms with Gasteiger partial charge in [-0.15, -0.1) is 0 Å². The molecule has 0 aliphatic heterocycles. The summed E-state index contributed by atoms with van der Waals surface area (Å²) < 4.78 is 0. The fraction of sp³-hybridized carbons (Fsp3) is 0.222. The number of phenols is 2. The molecular weight excluding hydrogens is 306 g/mol. The zero-order valence-corrected chi connectivity index (χ0v) is 12.9. The van der Waals surface area contributed by atoms with Crippen LogP contribution < -0.4 is 5.73 Å². The third-order valence-electron chi connectivity index (χ3n) is 1.85. The Morgan fingerprint density at radius 2 is 1.94 bits per heavy atom. The van der Waals surface area contributed by atoms with Crippen LogP contribution in [-0.2, 0) is 19.9 Å². The number of benzene rings is 1. The molecule has 0 aromatic heterocycles. The molecule has 1 atom stereocenters. The molecule has 7 heteroatoms. The van der Waals surface area contributed by atoms with Crippen molar-refractivity contribution in [1.82, 2.24) is 0 Å². The van der Waals surface area contributed by atoms with E-state index in [0.29, 0.717) is 11.8 Å². The fourth-order valence-electron chi connectivity index (χ4n) is 1.04. The number of aromatic hydroxyl groups is 2. The molecule has 1 rings (SSSR count). The Balaban J connectivity index is 0.000000673. The molecular formula is C9H11Cl2NO3Zn. The standard InChI is InChI=1S/C9H11NO3.2ClH.Zn/c10-4-7(5-11)6-1-2-8(12)9(13)3-6;;;/h1-3,5,7,12-13H,4,10H2;2*1H;/q;;;+2/p-2. The van der Waals surface area contributed by atoms with Crippen molar-refractivity contribution in [3.8, 4) is 11.5 Å². The number of carbonyl (C=O) groups is 1. The van der Waals surface area contributed by atoms with Crippen molar-refractivity contribution >= 4 is 25.7 Å². The van der Waals surface area contributed by atoms with Crippen molar-refractivity contribution in [2.45, 2.75) is 5.92 Å². The first-order valence-corrected chi connectivity index (χ1v) is 12.2. The third kappa shape index (κ3) is 5.12. The molecule has 0 saturated carbocycles. The van der Waals surface area contributed by atoms with Crippen LogP contribution in [0, 0.1) is 0 Å². The van der Waals surface area contributed by atoms with Crippen LogP contribution in [0.5, 0.6) is 11.5 Å². The summed E-state index contributed by atoms with van der Waals surface area (Å²) >= 11 is -0.931. The molecule has 0 spiro atoms. The SMILES string of the molecule is NCC(C=O)c1ccc(O)c(O)c1.[Cl][Zn][Cl]. The van der Waals surface area contributed by atoms with Crippen LogP contribution in [0.3, 0.4) is 0 Å². The molecule has 16 heavy (non-hydrogen) atoms. The molecule has 0 saturated heterocycles. The number of aldehydes is 1. The van der Waals surface area contributed by atoms with Gasteiger partial charge >= 0.3 is 34.5 Å². The number of carbonyl (C=O) groups excluding carboxylic acids is 1. The fourth-order valence-corrected chi connectivity index (χ4v) is 1.04. The Hall–Kier alpha value is -0.347. The second kappa shape index (κ2) is 8.77. The van der Waals surface area contributed by atoms with E-state index in [9.17, 15) is 4.79 Å². The van der Waals surface area contributed by atoms with Gasteiger partial charge in [0.2, 0.25) is 0 Å². The van der Waals surface area contributed by atoms with Crippen molar-refractivity contribution in [1.29, 1.82) is 0 Å². The first kappa shape index (κ1) is 15.7. The first-order valence-electron chi connectivity index (χ1n) is 4.39. The minimum atomic E-state index is -0.931. The average molecular weight is 317 g/mol. The normalized spacial score (nSPS) is 10.7. The van der Waals surface area contributed by atoms with Crippen LogP contribution in [0.15, 0.2) is 18.2 Å². The molecule has 86 valence electrons. The summed E-state index contributed by atoms with van der Waals surface area (Å²) in [5.74, 6) is -0.866. The van der Waals surface area contributed by atoms with Gasteiger partial charge in [0.15, 0.2) is 11.5 Å². The van der Waals surface area contributed by atoms with Gasteiger partial charge < -0.3 is 20.7 Å². The van der Waals surface area contributed by atoms with Gasteiger partial charge in [-0.05, 0) is 17.7 Å². The van der Waals surface area contributed by atoms with Crippen molar-refractivity contribution in [3.63, 3.8) is 0 Å². The van der Waals surface area contributed by atoms with E-state index in [1.54, 1.807) is 6.07 Å². The van der Waals surface area contributed by atoms with Crippen LogP contribution >= 0.6 is 19.4 Å². The molecule has 1 aromatic rings. The van der Waals surface area contributed by atoms with Crippen molar-refractivity contribution in [3.05, 3.63) is 23.8 Å². The second-order valence-electron chi connectivity index (χ2n) is 2.83. The van der Waals surface area contributed by atoms with E-state index in [-0.39, 0.29) is 18.0 Å². The number of halogens is 2. The van der Waals surface area contributed by atoms with Crippen molar-refractivity contribution < 1.29 is 30.2 Å². The second-order valence-corrected chi connectivity index (χ2v) is 7.45. The van der Waals surface area contributed by atoms with E-state index in [1.165, 1.54) is 12.1 Å². The summed E-state index contributed by atoms with van der Waals surface area (Å²) in [4.78, 5) is 10.5. The Bertz CT molecular complexity index is 339. The summed E-state index contributed by atoms with van der Waals surface area (Å²) in [6, 6.07) is 4.22. The van der Waals surface area contributed by atoms with E-state index in [2.05, 4.69) is 0 Å². The van der Waals surface area contributed by atoms with E-state index in [1.807, 2.05) is 0 Å². The summed E-state index contributed by atoms with van der Waals surface area (Å²) in [5.41, 5.74) is 5.93. The molecule has 0 radical (unpaired) electrons. The molecule has 0 aliphatic carbocycles. The molecule has 4 N–H and O–H groups in total. The quantitative estimate of drug-likeness (QED) is 0.450. The monoisotopic (exact) mass is 315 g/mol. The van der Waals surface area contributed by atoms with Gasteiger partial charge in [0, 0.05) is 6.54 Å². The molecule has 0 amide bonds. The first-order chi connectivity index (χ1) is 7.60.